The van der Waals surface area contributed by atoms with E-state index in [1.165, 1.54) is 4.90 Å². The minimum Gasteiger partial charge on any atom is -0.480 e. The number of rotatable bonds is 5. The molecule has 2 unspecified atom stereocenters. The van der Waals surface area contributed by atoms with Gasteiger partial charge in [0.15, 0.2) is 0 Å². The van der Waals surface area contributed by atoms with Crippen LogP contribution in [0.25, 0.3) is 0 Å². The second-order valence-corrected chi connectivity index (χ2v) is 5.99. The molecule has 1 fully saturated rings. The number of thioether (sulfide) groups is 1. The van der Waals surface area contributed by atoms with E-state index < -0.39 is 11.5 Å². The Labute approximate surface area is 112 Å². The van der Waals surface area contributed by atoms with Crippen LogP contribution < -0.4 is 5.32 Å². The molecule has 1 rings (SSSR count). The van der Waals surface area contributed by atoms with Gasteiger partial charge in [-0.3, -0.25) is 0 Å². The summed E-state index contributed by atoms with van der Waals surface area (Å²) in [6.45, 7) is 4.79. The summed E-state index contributed by atoms with van der Waals surface area (Å²) in [6.07, 6.45) is 3.30. The molecule has 104 valence electrons. The standard InChI is InChI=1S/C12H22N2O3S/c1-9(8-18-3)7-13-11(17)14-6-4-5-12(14,2)10(15)16/h9H,4-8H2,1-3H3,(H,13,17)(H,15,16). The van der Waals surface area contributed by atoms with Gasteiger partial charge >= 0.3 is 12.0 Å². The summed E-state index contributed by atoms with van der Waals surface area (Å²) in [6, 6.07) is -0.259. The quantitative estimate of drug-likeness (QED) is 0.799. The Morgan fingerprint density at radius 2 is 2.22 bits per heavy atom. The number of carbonyl (C=O) groups excluding carboxylic acids is 1. The number of hydrogen-bond acceptors (Lipinski definition) is 3. The predicted octanol–water partition coefficient (Wildman–Crippen LogP) is 1.63. The van der Waals surface area contributed by atoms with Gasteiger partial charge in [0.25, 0.3) is 0 Å². The number of likely N-dealkylation sites (tertiary alicyclic amines) is 1. The minimum absolute atomic E-state index is 0.259. The Morgan fingerprint density at radius 1 is 1.56 bits per heavy atom. The summed E-state index contributed by atoms with van der Waals surface area (Å²) in [5.41, 5.74) is -1.05. The van der Waals surface area contributed by atoms with Crippen molar-refractivity contribution in [1.82, 2.24) is 10.2 Å². The molecule has 0 aromatic carbocycles. The molecule has 0 aliphatic carbocycles. The van der Waals surface area contributed by atoms with Gasteiger partial charge in [0.2, 0.25) is 0 Å². The van der Waals surface area contributed by atoms with Crippen molar-refractivity contribution in [1.29, 1.82) is 0 Å². The number of hydrogen-bond donors (Lipinski definition) is 2. The number of carboxylic acids is 1. The maximum atomic E-state index is 12.0. The van der Waals surface area contributed by atoms with E-state index in [1.54, 1.807) is 18.7 Å². The summed E-state index contributed by atoms with van der Waals surface area (Å²) in [5, 5.41) is 12.1. The van der Waals surface area contributed by atoms with Crippen molar-refractivity contribution in [2.75, 3.05) is 25.1 Å². The number of urea groups is 1. The average Bonchev–Trinajstić information content (AvgIpc) is 2.70. The number of carboxylic acid groups (broad SMARTS) is 1. The van der Waals surface area contributed by atoms with Gasteiger partial charge in [-0.05, 0) is 37.7 Å². The van der Waals surface area contributed by atoms with E-state index in [1.807, 2.05) is 6.26 Å². The first-order valence-corrected chi connectivity index (χ1v) is 7.59. The molecule has 2 amide bonds. The fourth-order valence-electron chi connectivity index (χ4n) is 2.21. The van der Waals surface area contributed by atoms with Crippen molar-refractivity contribution in [2.24, 2.45) is 5.92 Å². The van der Waals surface area contributed by atoms with Gasteiger partial charge in [-0.25, -0.2) is 9.59 Å². The minimum atomic E-state index is -1.05. The molecule has 0 spiro atoms. The monoisotopic (exact) mass is 274 g/mol. The molecular weight excluding hydrogens is 252 g/mol. The van der Waals surface area contributed by atoms with E-state index in [9.17, 15) is 14.7 Å². The average molecular weight is 274 g/mol. The van der Waals surface area contributed by atoms with Gasteiger partial charge in [0.1, 0.15) is 5.54 Å². The molecular formula is C12H22N2O3S. The Kier molecular flexibility index (Phi) is 5.31. The van der Waals surface area contributed by atoms with Gasteiger partial charge in [-0.1, -0.05) is 6.92 Å². The predicted molar refractivity (Wildman–Crippen MR) is 72.9 cm³/mol. The number of carbonyl (C=O) groups is 2. The molecule has 2 N–H and O–H groups in total. The highest BCUT2D eigenvalue weighted by atomic mass is 32.2. The first-order valence-electron chi connectivity index (χ1n) is 6.19. The lowest BCUT2D eigenvalue weighted by Crippen LogP contribution is -2.54. The van der Waals surface area contributed by atoms with Gasteiger partial charge in [0, 0.05) is 13.1 Å². The number of nitrogens with zero attached hydrogens (tertiary/aromatic N) is 1. The SMILES string of the molecule is CSCC(C)CNC(=O)N1CCCC1(C)C(=O)O. The summed E-state index contributed by atoms with van der Waals surface area (Å²) < 4.78 is 0. The van der Waals surface area contributed by atoms with Crippen molar-refractivity contribution in [3.05, 3.63) is 0 Å². The van der Waals surface area contributed by atoms with Crippen LogP contribution in [-0.4, -0.2) is 52.6 Å². The smallest absolute Gasteiger partial charge is 0.329 e. The fourth-order valence-corrected chi connectivity index (χ4v) is 2.90. The normalized spacial score (nSPS) is 24.9. The zero-order valence-corrected chi connectivity index (χ0v) is 12.0. The van der Waals surface area contributed by atoms with Crippen molar-refractivity contribution >= 4 is 23.8 Å². The molecule has 2 atom stereocenters. The van der Waals surface area contributed by atoms with Crippen molar-refractivity contribution < 1.29 is 14.7 Å². The van der Waals surface area contributed by atoms with Crippen LogP contribution in [0.3, 0.4) is 0 Å². The van der Waals surface area contributed by atoms with Crippen LogP contribution in [0.2, 0.25) is 0 Å². The highest BCUT2D eigenvalue weighted by Crippen LogP contribution is 2.29. The van der Waals surface area contributed by atoms with Crippen LogP contribution in [0.5, 0.6) is 0 Å². The Bertz CT molecular complexity index is 324. The van der Waals surface area contributed by atoms with Crippen molar-refractivity contribution in [2.45, 2.75) is 32.2 Å². The molecule has 0 saturated carbocycles. The van der Waals surface area contributed by atoms with Crippen molar-refractivity contribution in [3.8, 4) is 0 Å². The molecule has 0 radical (unpaired) electrons. The molecule has 5 nitrogen and oxygen atoms in total. The number of nitrogens with one attached hydrogen (secondary N) is 1. The zero-order valence-electron chi connectivity index (χ0n) is 11.2. The largest absolute Gasteiger partial charge is 0.480 e. The molecule has 1 saturated heterocycles. The van der Waals surface area contributed by atoms with E-state index in [-0.39, 0.29) is 6.03 Å². The Balaban J connectivity index is 2.53. The third kappa shape index (κ3) is 3.31. The maximum absolute atomic E-state index is 12.0. The molecule has 18 heavy (non-hydrogen) atoms. The number of amides is 2. The van der Waals surface area contributed by atoms with Crippen molar-refractivity contribution in [3.63, 3.8) is 0 Å². The highest BCUT2D eigenvalue weighted by Gasteiger charge is 2.45. The summed E-state index contributed by atoms with van der Waals surface area (Å²) in [7, 11) is 0. The second-order valence-electron chi connectivity index (χ2n) is 5.08. The Morgan fingerprint density at radius 3 is 2.78 bits per heavy atom. The van der Waals surface area contributed by atoms with E-state index in [0.29, 0.717) is 25.4 Å². The zero-order chi connectivity index (χ0) is 13.8. The third-order valence-electron chi connectivity index (χ3n) is 3.40. The molecule has 1 aliphatic rings. The van der Waals surface area contributed by atoms with Gasteiger partial charge < -0.3 is 15.3 Å². The molecule has 0 bridgehead atoms. The molecule has 1 aliphatic heterocycles. The Hall–Kier alpha value is -0.910. The number of aliphatic carboxylic acids is 1. The van der Waals surface area contributed by atoms with Crippen LogP contribution in [0.4, 0.5) is 4.79 Å². The topological polar surface area (TPSA) is 69.6 Å². The highest BCUT2D eigenvalue weighted by molar-refractivity contribution is 7.98. The fraction of sp³-hybridized carbons (Fsp3) is 0.833. The van der Waals surface area contributed by atoms with E-state index in [2.05, 4.69) is 12.2 Å². The van der Waals surface area contributed by atoms with Crippen LogP contribution in [-0.2, 0) is 4.79 Å². The van der Waals surface area contributed by atoms with Crippen LogP contribution in [0, 0.1) is 5.92 Å². The van der Waals surface area contributed by atoms with E-state index in [4.69, 9.17) is 0 Å². The third-order valence-corrected chi connectivity index (χ3v) is 4.30. The van der Waals surface area contributed by atoms with Crippen LogP contribution in [0.15, 0.2) is 0 Å². The summed E-state index contributed by atoms with van der Waals surface area (Å²) in [5.74, 6) is 0.450. The van der Waals surface area contributed by atoms with Crippen LogP contribution >= 0.6 is 11.8 Å². The molecule has 0 aromatic heterocycles. The lowest BCUT2D eigenvalue weighted by Gasteiger charge is -2.31. The molecule has 6 heteroatoms. The first-order chi connectivity index (χ1) is 8.41. The van der Waals surface area contributed by atoms with Crippen LogP contribution in [0.1, 0.15) is 26.7 Å². The lowest BCUT2D eigenvalue weighted by molar-refractivity contribution is -0.147. The van der Waals surface area contributed by atoms with E-state index in [0.717, 1.165) is 12.2 Å². The second kappa shape index (κ2) is 6.31. The first kappa shape index (κ1) is 15.1. The maximum Gasteiger partial charge on any atom is 0.329 e. The van der Waals surface area contributed by atoms with Gasteiger partial charge in [0.05, 0.1) is 0 Å². The van der Waals surface area contributed by atoms with E-state index >= 15 is 0 Å². The van der Waals surface area contributed by atoms with Gasteiger partial charge in [-0.15, -0.1) is 0 Å². The molecule has 1 heterocycles. The van der Waals surface area contributed by atoms with Gasteiger partial charge in [-0.2, -0.15) is 11.8 Å². The summed E-state index contributed by atoms with van der Waals surface area (Å²) >= 11 is 1.74. The lowest BCUT2D eigenvalue weighted by atomic mass is 10.00. The summed E-state index contributed by atoms with van der Waals surface area (Å²) in [4.78, 5) is 24.7. The molecule has 0 aromatic rings.